The van der Waals surface area contributed by atoms with Gasteiger partial charge in [-0.15, -0.1) is 5.10 Å². The summed E-state index contributed by atoms with van der Waals surface area (Å²) in [5, 5.41) is 18.4. The second kappa shape index (κ2) is 6.13. The van der Waals surface area contributed by atoms with Crippen LogP contribution in [0.25, 0.3) is 22.1 Å². The molecular formula is C15H16N6. The molecule has 0 bridgehead atoms. The molecule has 4 rings (SSSR count). The lowest BCUT2D eigenvalue weighted by molar-refractivity contribution is 0.596. The Morgan fingerprint density at radius 2 is 1.52 bits per heavy atom. The number of hydrogen-bond donors (Lipinski definition) is 1. The van der Waals surface area contributed by atoms with Gasteiger partial charge in [0, 0.05) is 6.54 Å². The Kier molecular flexibility index (Phi) is 3.86. The number of aryl methyl sites for hydroxylation is 1. The van der Waals surface area contributed by atoms with Crippen molar-refractivity contribution in [2.24, 2.45) is 0 Å². The molecule has 4 aromatic rings. The first kappa shape index (κ1) is 13.2. The van der Waals surface area contributed by atoms with Crippen molar-refractivity contribution in [2.45, 2.75) is 19.9 Å². The van der Waals surface area contributed by atoms with Crippen molar-refractivity contribution in [2.75, 3.05) is 0 Å². The largest absolute Gasteiger partial charge is 0.245 e. The monoisotopic (exact) mass is 280 g/mol. The van der Waals surface area contributed by atoms with Gasteiger partial charge in [0.2, 0.25) is 0 Å². The number of aromatic nitrogens is 6. The third kappa shape index (κ3) is 2.89. The van der Waals surface area contributed by atoms with E-state index in [1.807, 2.05) is 53.2 Å². The number of aromatic amines is 1. The molecule has 21 heavy (non-hydrogen) atoms. The number of hydrogen-bond acceptors (Lipinski definition) is 4. The molecule has 2 heterocycles. The molecule has 0 aliphatic carbocycles. The standard InChI is InChI=1S/C9H11N3.C6H5N3/c1-2-7-12-9-6-4-3-5-8(9)10-11-12;1-2-4-6-5(3-1)7-9-8-6/h3-6H,2,7H2,1H3;1-4H,(H,7,8,9). The van der Waals surface area contributed by atoms with E-state index in [1.54, 1.807) is 0 Å². The van der Waals surface area contributed by atoms with Gasteiger partial charge in [0.25, 0.3) is 0 Å². The lowest BCUT2D eigenvalue weighted by atomic mass is 10.3. The molecule has 0 radical (unpaired) electrons. The minimum atomic E-state index is 0.914. The van der Waals surface area contributed by atoms with Crippen LogP contribution < -0.4 is 0 Å². The molecule has 0 fully saturated rings. The normalized spacial score (nSPS) is 10.5. The van der Waals surface area contributed by atoms with Crippen LogP contribution in [-0.4, -0.2) is 30.4 Å². The number of nitrogens with one attached hydrogen (secondary N) is 1. The van der Waals surface area contributed by atoms with Crippen LogP contribution in [0.2, 0.25) is 0 Å². The molecule has 0 amide bonds. The molecular weight excluding hydrogens is 264 g/mol. The number of H-pyrrole nitrogens is 1. The Morgan fingerprint density at radius 1 is 0.905 bits per heavy atom. The van der Waals surface area contributed by atoms with Crippen LogP contribution in [0.5, 0.6) is 0 Å². The zero-order valence-electron chi connectivity index (χ0n) is 11.8. The fraction of sp³-hybridized carbons (Fsp3) is 0.200. The smallest absolute Gasteiger partial charge is 0.113 e. The maximum atomic E-state index is 4.05. The Bertz CT molecular complexity index is 802. The second-order valence-corrected chi connectivity index (χ2v) is 4.61. The third-order valence-electron chi connectivity index (χ3n) is 3.08. The second-order valence-electron chi connectivity index (χ2n) is 4.61. The summed E-state index contributed by atoms with van der Waals surface area (Å²) >= 11 is 0. The van der Waals surface area contributed by atoms with E-state index < -0.39 is 0 Å². The van der Waals surface area contributed by atoms with E-state index >= 15 is 0 Å². The van der Waals surface area contributed by atoms with E-state index in [1.165, 1.54) is 0 Å². The van der Waals surface area contributed by atoms with E-state index in [0.29, 0.717) is 0 Å². The average molecular weight is 280 g/mol. The number of rotatable bonds is 2. The highest BCUT2D eigenvalue weighted by atomic mass is 15.4. The molecule has 0 saturated heterocycles. The van der Waals surface area contributed by atoms with Crippen LogP contribution in [0, 0.1) is 0 Å². The molecule has 2 aromatic heterocycles. The van der Waals surface area contributed by atoms with Crippen molar-refractivity contribution in [3.63, 3.8) is 0 Å². The van der Waals surface area contributed by atoms with Crippen LogP contribution in [0.3, 0.4) is 0 Å². The Balaban J connectivity index is 0.000000131. The highest BCUT2D eigenvalue weighted by Crippen LogP contribution is 2.09. The quantitative estimate of drug-likeness (QED) is 0.613. The Labute approximate surface area is 121 Å². The summed E-state index contributed by atoms with van der Waals surface area (Å²) in [5.74, 6) is 0. The summed E-state index contributed by atoms with van der Waals surface area (Å²) in [6, 6.07) is 15.7. The van der Waals surface area contributed by atoms with Crippen molar-refractivity contribution in [1.29, 1.82) is 0 Å². The number of para-hydroxylation sites is 3. The highest BCUT2D eigenvalue weighted by molar-refractivity contribution is 5.73. The van der Waals surface area contributed by atoms with E-state index in [4.69, 9.17) is 0 Å². The van der Waals surface area contributed by atoms with Crippen LogP contribution in [0.1, 0.15) is 13.3 Å². The van der Waals surface area contributed by atoms with E-state index in [9.17, 15) is 0 Å². The summed E-state index contributed by atoms with van der Waals surface area (Å²) in [5.41, 5.74) is 3.93. The third-order valence-corrected chi connectivity index (χ3v) is 3.08. The van der Waals surface area contributed by atoms with Gasteiger partial charge in [-0.3, -0.25) is 0 Å². The summed E-state index contributed by atoms with van der Waals surface area (Å²) in [6.07, 6.45) is 1.09. The van der Waals surface area contributed by atoms with Gasteiger partial charge >= 0.3 is 0 Å². The molecule has 0 saturated carbocycles. The summed E-state index contributed by atoms with van der Waals surface area (Å²) in [4.78, 5) is 0. The zero-order valence-corrected chi connectivity index (χ0v) is 11.8. The van der Waals surface area contributed by atoms with Crippen LogP contribution >= 0.6 is 0 Å². The predicted octanol–water partition coefficient (Wildman–Crippen LogP) is 2.80. The fourth-order valence-corrected chi connectivity index (χ4v) is 2.08. The first-order valence-electron chi connectivity index (χ1n) is 6.92. The zero-order chi connectivity index (χ0) is 14.5. The van der Waals surface area contributed by atoms with E-state index in [0.717, 1.165) is 35.0 Å². The number of fused-ring (bicyclic) bond motifs is 2. The lowest BCUT2D eigenvalue weighted by Gasteiger charge is -1.96. The molecule has 106 valence electrons. The summed E-state index contributed by atoms with van der Waals surface area (Å²) in [7, 11) is 0. The Hall–Kier alpha value is -2.76. The number of nitrogens with zero attached hydrogens (tertiary/aromatic N) is 5. The minimum absolute atomic E-state index is 0.914. The maximum absolute atomic E-state index is 4.05. The number of benzene rings is 2. The van der Waals surface area contributed by atoms with Crippen LogP contribution in [-0.2, 0) is 6.54 Å². The van der Waals surface area contributed by atoms with Crippen LogP contribution in [0.4, 0.5) is 0 Å². The lowest BCUT2D eigenvalue weighted by Crippen LogP contribution is -1.98. The van der Waals surface area contributed by atoms with Gasteiger partial charge in [-0.25, -0.2) is 4.68 Å². The molecule has 0 aliphatic rings. The van der Waals surface area contributed by atoms with Crippen molar-refractivity contribution in [3.8, 4) is 0 Å². The molecule has 0 spiro atoms. The first-order chi connectivity index (χ1) is 10.4. The first-order valence-corrected chi connectivity index (χ1v) is 6.92. The minimum Gasteiger partial charge on any atom is -0.245 e. The fourth-order valence-electron chi connectivity index (χ4n) is 2.08. The van der Waals surface area contributed by atoms with Crippen molar-refractivity contribution >= 4 is 22.1 Å². The van der Waals surface area contributed by atoms with Gasteiger partial charge in [0.05, 0.1) is 5.52 Å². The van der Waals surface area contributed by atoms with Gasteiger partial charge in [-0.2, -0.15) is 15.4 Å². The Morgan fingerprint density at radius 3 is 2.19 bits per heavy atom. The van der Waals surface area contributed by atoms with Gasteiger partial charge in [-0.1, -0.05) is 36.4 Å². The molecule has 2 aromatic carbocycles. The van der Waals surface area contributed by atoms with Crippen molar-refractivity contribution in [3.05, 3.63) is 48.5 Å². The molecule has 0 aliphatic heterocycles. The molecule has 6 nitrogen and oxygen atoms in total. The van der Waals surface area contributed by atoms with Crippen molar-refractivity contribution < 1.29 is 0 Å². The van der Waals surface area contributed by atoms with Gasteiger partial charge in [0.15, 0.2) is 0 Å². The topological polar surface area (TPSA) is 72.3 Å². The predicted molar refractivity (Wildman–Crippen MR) is 81.7 cm³/mol. The van der Waals surface area contributed by atoms with Gasteiger partial charge in [0.1, 0.15) is 16.6 Å². The molecule has 0 unspecified atom stereocenters. The molecule has 0 atom stereocenters. The average Bonchev–Trinajstić information content (AvgIpc) is 3.15. The summed E-state index contributed by atoms with van der Waals surface area (Å²) in [6.45, 7) is 3.08. The molecule has 6 heteroatoms. The van der Waals surface area contributed by atoms with Gasteiger partial charge in [-0.05, 0) is 30.7 Å². The molecule has 1 N–H and O–H groups in total. The van der Waals surface area contributed by atoms with Crippen LogP contribution in [0.15, 0.2) is 48.5 Å². The van der Waals surface area contributed by atoms with E-state index in [-0.39, 0.29) is 0 Å². The summed E-state index contributed by atoms with van der Waals surface area (Å²) < 4.78 is 1.94. The maximum Gasteiger partial charge on any atom is 0.113 e. The SMILES string of the molecule is CCCn1nnc2ccccc21.c1ccc2n[nH]nc2c1. The highest BCUT2D eigenvalue weighted by Gasteiger charge is 2.00. The van der Waals surface area contributed by atoms with E-state index in [2.05, 4.69) is 32.6 Å². The van der Waals surface area contributed by atoms with Crippen molar-refractivity contribution in [1.82, 2.24) is 30.4 Å². The van der Waals surface area contributed by atoms with Gasteiger partial charge < -0.3 is 0 Å².